The first kappa shape index (κ1) is 23.0. The van der Waals surface area contributed by atoms with Crippen LogP contribution in [0.2, 0.25) is 0 Å². The van der Waals surface area contributed by atoms with Gasteiger partial charge in [0.15, 0.2) is 11.5 Å². The van der Waals surface area contributed by atoms with Gasteiger partial charge in [-0.3, -0.25) is 14.3 Å². The lowest BCUT2D eigenvalue weighted by molar-refractivity contribution is -0.139. The largest absolute Gasteiger partial charge is 0.490 e. The Morgan fingerprint density at radius 3 is 2.17 bits per heavy atom. The molecule has 0 saturated carbocycles. The van der Waals surface area contributed by atoms with Gasteiger partial charge >= 0.3 is 5.97 Å². The first-order valence-corrected chi connectivity index (χ1v) is 10.7. The van der Waals surface area contributed by atoms with Crippen molar-refractivity contribution in [3.8, 4) is 11.5 Å². The number of carbonyl (C=O) groups is 2. The second-order valence-corrected chi connectivity index (χ2v) is 7.60. The van der Waals surface area contributed by atoms with Crippen LogP contribution in [-0.4, -0.2) is 47.2 Å². The average Bonchev–Trinajstić information content (AvgIpc) is 2.73. The molecule has 0 saturated heterocycles. The van der Waals surface area contributed by atoms with Gasteiger partial charge < -0.3 is 19.5 Å². The SMILES string of the molecule is CCOc1ccc(S(=O)(=O)Nc2ccc(C(=O)NCC(=O)OC)cc2)cc1OCC. The van der Waals surface area contributed by atoms with E-state index in [0.717, 1.165) is 0 Å². The third-order valence-corrected chi connectivity index (χ3v) is 5.22. The van der Waals surface area contributed by atoms with Crippen molar-refractivity contribution in [1.82, 2.24) is 5.32 Å². The van der Waals surface area contributed by atoms with E-state index in [2.05, 4.69) is 14.8 Å². The highest BCUT2D eigenvalue weighted by molar-refractivity contribution is 7.92. The molecule has 0 aromatic heterocycles. The van der Waals surface area contributed by atoms with Gasteiger partial charge in [0, 0.05) is 17.3 Å². The molecule has 30 heavy (non-hydrogen) atoms. The van der Waals surface area contributed by atoms with E-state index in [9.17, 15) is 18.0 Å². The Balaban J connectivity index is 2.14. The van der Waals surface area contributed by atoms with E-state index in [-0.39, 0.29) is 22.7 Å². The van der Waals surface area contributed by atoms with Crippen molar-refractivity contribution in [2.24, 2.45) is 0 Å². The van der Waals surface area contributed by atoms with Gasteiger partial charge in [0.05, 0.1) is 25.2 Å². The van der Waals surface area contributed by atoms with Crippen LogP contribution in [0.15, 0.2) is 47.4 Å². The first-order valence-electron chi connectivity index (χ1n) is 9.18. The van der Waals surface area contributed by atoms with Gasteiger partial charge in [0.2, 0.25) is 0 Å². The zero-order valence-electron chi connectivity index (χ0n) is 16.9. The van der Waals surface area contributed by atoms with Crippen molar-refractivity contribution in [3.05, 3.63) is 48.0 Å². The zero-order chi connectivity index (χ0) is 22.1. The van der Waals surface area contributed by atoms with Crippen molar-refractivity contribution >= 4 is 27.6 Å². The summed E-state index contributed by atoms with van der Waals surface area (Å²) in [5, 5.41) is 2.40. The van der Waals surface area contributed by atoms with Gasteiger partial charge in [-0.2, -0.15) is 0 Å². The number of hydrogen-bond donors (Lipinski definition) is 2. The smallest absolute Gasteiger partial charge is 0.325 e. The molecule has 162 valence electrons. The maximum Gasteiger partial charge on any atom is 0.325 e. The van der Waals surface area contributed by atoms with E-state index in [1.54, 1.807) is 6.92 Å². The maximum atomic E-state index is 12.7. The van der Waals surface area contributed by atoms with Crippen molar-refractivity contribution in [2.75, 3.05) is 31.6 Å². The Morgan fingerprint density at radius 1 is 0.933 bits per heavy atom. The summed E-state index contributed by atoms with van der Waals surface area (Å²) in [7, 11) is -2.67. The minimum Gasteiger partial charge on any atom is -0.490 e. The molecule has 2 aromatic rings. The summed E-state index contributed by atoms with van der Waals surface area (Å²) in [6.07, 6.45) is 0. The monoisotopic (exact) mass is 436 g/mol. The molecule has 2 N–H and O–H groups in total. The van der Waals surface area contributed by atoms with Crippen molar-refractivity contribution < 1.29 is 32.2 Å². The maximum absolute atomic E-state index is 12.7. The lowest BCUT2D eigenvalue weighted by atomic mass is 10.2. The number of sulfonamides is 1. The fourth-order valence-electron chi connectivity index (χ4n) is 2.43. The number of rotatable bonds is 10. The second kappa shape index (κ2) is 10.5. The zero-order valence-corrected chi connectivity index (χ0v) is 17.7. The highest BCUT2D eigenvalue weighted by Crippen LogP contribution is 2.31. The average molecular weight is 436 g/mol. The molecular weight excluding hydrogens is 412 g/mol. The van der Waals surface area contributed by atoms with Crippen LogP contribution < -0.4 is 19.5 Å². The van der Waals surface area contributed by atoms with Crippen LogP contribution in [0.4, 0.5) is 5.69 Å². The summed E-state index contributed by atoms with van der Waals surface area (Å²) in [5.41, 5.74) is 0.535. The van der Waals surface area contributed by atoms with E-state index in [0.29, 0.717) is 24.7 Å². The van der Waals surface area contributed by atoms with Crippen LogP contribution in [0.5, 0.6) is 11.5 Å². The molecule has 0 aliphatic carbocycles. The van der Waals surface area contributed by atoms with Crippen LogP contribution in [0.1, 0.15) is 24.2 Å². The van der Waals surface area contributed by atoms with Gasteiger partial charge in [-0.15, -0.1) is 0 Å². The molecule has 0 heterocycles. The van der Waals surface area contributed by atoms with E-state index in [1.807, 2.05) is 6.92 Å². The predicted octanol–water partition coefficient (Wildman–Crippen LogP) is 2.19. The first-order chi connectivity index (χ1) is 14.3. The van der Waals surface area contributed by atoms with Gasteiger partial charge in [-0.25, -0.2) is 8.42 Å². The molecular formula is C20H24N2O7S. The van der Waals surface area contributed by atoms with E-state index >= 15 is 0 Å². The third-order valence-electron chi connectivity index (χ3n) is 3.85. The lowest BCUT2D eigenvalue weighted by Gasteiger charge is -2.13. The van der Waals surface area contributed by atoms with Crippen LogP contribution in [-0.2, 0) is 19.6 Å². The fraction of sp³-hybridized carbons (Fsp3) is 0.300. The summed E-state index contributed by atoms with van der Waals surface area (Å²) in [6.45, 7) is 4.13. The molecule has 2 aromatic carbocycles. The van der Waals surface area contributed by atoms with Crippen LogP contribution in [0.3, 0.4) is 0 Å². The second-order valence-electron chi connectivity index (χ2n) is 5.92. The Kier molecular flexibility index (Phi) is 8.05. The van der Waals surface area contributed by atoms with Gasteiger partial charge in [-0.1, -0.05) is 0 Å². The minimum atomic E-state index is -3.89. The number of esters is 1. The number of carbonyl (C=O) groups excluding carboxylic acids is 2. The quantitative estimate of drug-likeness (QED) is 0.548. The molecule has 0 atom stereocenters. The summed E-state index contributed by atoms with van der Waals surface area (Å²) in [6, 6.07) is 10.1. The molecule has 0 unspecified atom stereocenters. The molecule has 0 fully saturated rings. The Labute approximate surface area is 175 Å². The van der Waals surface area contributed by atoms with Gasteiger partial charge in [0.1, 0.15) is 6.54 Å². The fourth-order valence-corrected chi connectivity index (χ4v) is 3.50. The topological polar surface area (TPSA) is 120 Å². The number of anilines is 1. The predicted molar refractivity (Wildman–Crippen MR) is 110 cm³/mol. The number of benzene rings is 2. The Bertz CT molecular complexity index is 989. The molecule has 9 nitrogen and oxygen atoms in total. The van der Waals surface area contributed by atoms with E-state index < -0.39 is 21.9 Å². The molecule has 0 aliphatic heterocycles. The number of amides is 1. The van der Waals surface area contributed by atoms with Crippen molar-refractivity contribution in [2.45, 2.75) is 18.7 Å². The minimum absolute atomic E-state index is 0.00861. The van der Waals surface area contributed by atoms with Crippen LogP contribution in [0.25, 0.3) is 0 Å². The Hall–Kier alpha value is -3.27. The van der Waals surface area contributed by atoms with Crippen LogP contribution in [0, 0.1) is 0 Å². The number of hydrogen-bond acceptors (Lipinski definition) is 7. The van der Waals surface area contributed by atoms with Gasteiger partial charge in [-0.05, 0) is 50.2 Å². The summed E-state index contributed by atoms with van der Waals surface area (Å²) in [4.78, 5) is 23.1. The molecule has 0 radical (unpaired) electrons. The molecule has 0 bridgehead atoms. The van der Waals surface area contributed by atoms with Crippen LogP contribution >= 0.6 is 0 Å². The summed E-state index contributed by atoms with van der Waals surface area (Å²) < 4.78 is 43.3. The Morgan fingerprint density at radius 2 is 1.57 bits per heavy atom. The molecule has 0 spiro atoms. The normalized spacial score (nSPS) is 10.8. The lowest BCUT2D eigenvalue weighted by Crippen LogP contribution is -2.30. The molecule has 10 heteroatoms. The van der Waals surface area contributed by atoms with E-state index in [1.165, 1.54) is 49.6 Å². The number of methoxy groups -OCH3 is 1. The molecule has 1 amide bonds. The highest BCUT2D eigenvalue weighted by Gasteiger charge is 2.18. The summed E-state index contributed by atoms with van der Waals surface area (Å²) in [5.74, 6) is -0.266. The van der Waals surface area contributed by atoms with E-state index in [4.69, 9.17) is 9.47 Å². The molecule has 0 aliphatic rings. The highest BCUT2D eigenvalue weighted by atomic mass is 32.2. The number of ether oxygens (including phenoxy) is 3. The summed E-state index contributed by atoms with van der Waals surface area (Å²) >= 11 is 0. The third kappa shape index (κ3) is 6.11. The molecule has 2 rings (SSSR count). The van der Waals surface area contributed by atoms with Gasteiger partial charge in [0.25, 0.3) is 15.9 Å². The van der Waals surface area contributed by atoms with Crippen molar-refractivity contribution in [1.29, 1.82) is 0 Å². The number of nitrogens with one attached hydrogen (secondary N) is 2. The standard InChI is InChI=1S/C20H24N2O7S/c1-4-28-17-11-10-16(12-18(17)29-5-2)30(25,26)22-15-8-6-14(7-9-15)20(24)21-13-19(23)27-3/h6-12,22H,4-5,13H2,1-3H3,(H,21,24). The van der Waals surface area contributed by atoms with Crippen molar-refractivity contribution in [3.63, 3.8) is 0 Å².